The van der Waals surface area contributed by atoms with Gasteiger partial charge in [0.1, 0.15) is 5.69 Å². The first-order valence-electron chi connectivity index (χ1n) is 7.77. The molecule has 6 heteroatoms. The first-order valence-corrected chi connectivity index (χ1v) is 8.53. The van der Waals surface area contributed by atoms with Gasteiger partial charge in [0.15, 0.2) is 5.78 Å². The fraction of sp³-hybridized carbons (Fsp3) is 0.158. The molecule has 2 aromatic carbocycles. The molecule has 3 rings (SSSR count). The summed E-state index contributed by atoms with van der Waals surface area (Å²) in [5, 5.41) is 15.1. The largest absolute Gasteiger partial charge is 0.396 e. The molecule has 0 bridgehead atoms. The highest BCUT2D eigenvalue weighted by Gasteiger charge is 2.23. The van der Waals surface area contributed by atoms with E-state index < -0.39 is 0 Å². The van der Waals surface area contributed by atoms with Crippen molar-refractivity contribution in [3.05, 3.63) is 69.8 Å². The Kier molecular flexibility index (Phi) is 5.23. The van der Waals surface area contributed by atoms with E-state index in [1.807, 2.05) is 30.3 Å². The van der Waals surface area contributed by atoms with Crippen molar-refractivity contribution < 1.29 is 9.90 Å². The molecule has 0 unspecified atom stereocenters. The highest BCUT2D eigenvalue weighted by atomic mass is 35.5. The van der Waals surface area contributed by atoms with Crippen LogP contribution in [0.3, 0.4) is 0 Å². The molecule has 0 saturated heterocycles. The monoisotopic (exact) mass is 374 g/mol. The fourth-order valence-corrected chi connectivity index (χ4v) is 3.13. The molecule has 0 aliphatic heterocycles. The molecule has 1 aromatic heterocycles. The van der Waals surface area contributed by atoms with Gasteiger partial charge in [-0.15, -0.1) is 0 Å². The van der Waals surface area contributed by atoms with Crippen molar-refractivity contribution in [1.29, 1.82) is 0 Å². The van der Waals surface area contributed by atoms with Gasteiger partial charge < -0.3 is 5.11 Å². The fourth-order valence-electron chi connectivity index (χ4n) is 2.78. The van der Waals surface area contributed by atoms with Crippen LogP contribution in [-0.2, 0) is 6.42 Å². The summed E-state index contributed by atoms with van der Waals surface area (Å²) in [5.41, 5.74) is 3.26. The summed E-state index contributed by atoms with van der Waals surface area (Å²) >= 11 is 12.3. The quantitative estimate of drug-likeness (QED) is 0.664. The SMILES string of the molecule is CC(=O)c1nn(-c2ccccc2Cl)c(-c2ccc(Cl)cc2)c1CCO. The van der Waals surface area contributed by atoms with Gasteiger partial charge >= 0.3 is 0 Å². The summed E-state index contributed by atoms with van der Waals surface area (Å²) in [4.78, 5) is 12.1. The van der Waals surface area contributed by atoms with Crippen molar-refractivity contribution in [2.45, 2.75) is 13.3 Å². The van der Waals surface area contributed by atoms with Gasteiger partial charge in [-0.05, 0) is 30.7 Å². The minimum absolute atomic E-state index is 0.0882. The Labute approximate surface area is 155 Å². The van der Waals surface area contributed by atoms with Crippen LogP contribution in [-0.4, -0.2) is 27.3 Å². The summed E-state index contributed by atoms with van der Waals surface area (Å²) in [7, 11) is 0. The van der Waals surface area contributed by atoms with Gasteiger partial charge in [-0.2, -0.15) is 5.10 Å². The maximum atomic E-state index is 12.1. The van der Waals surface area contributed by atoms with E-state index in [0.717, 1.165) is 11.3 Å². The molecular formula is C19H16Cl2N2O2. The van der Waals surface area contributed by atoms with Crippen LogP contribution >= 0.6 is 23.2 Å². The van der Waals surface area contributed by atoms with E-state index in [-0.39, 0.29) is 12.4 Å². The van der Waals surface area contributed by atoms with Gasteiger partial charge in [-0.25, -0.2) is 4.68 Å². The third kappa shape index (κ3) is 3.47. The molecule has 3 aromatic rings. The minimum Gasteiger partial charge on any atom is -0.396 e. The van der Waals surface area contributed by atoms with E-state index in [0.29, 0.717) is 33.4 Å². The molecule has 0 saturated carbocycles. The second-order valence-electron chi connectivity index (χ2n) is 5.58. The lowest BCUT2D eigenvalue weighted by molar-refractivity contribution is 0.101. The van der Waals surface area contributed by atoms with Crippen LogP contribution in [0.25, 0.3) is 16.9 Å². The Bertz CT molecular complexity index is 918. The number of benzene rings is 2. The van der Waals surface area contributed by atoms with Gasteiger partial charge in [-0.1, -0.05) is 47.5 Å². The first-order chi connectivity index (χ1) is 12.0. The van der Waals surface area contributed by atoms with E-state index in [1.165, 1.54) is 6.92 Å². The van der Waals surface area contributed by atoms with E-state index in [9.17, 15) is 9.90 Å². The molecule has 0 spiro atoms. The Hall–Kier alpha value is -2.14. The number of hydrogen-bond acceptors (Lipinski definition) is 3. The lowest BCUT2D eigenvalue weighted by atomic mass is 10.0. The van der Waals surface area contributed by atoms with Crippen LogP contribution < -0.4 is 0 Å². The zero-order valence-electron chi connectivity index (χ0n) is 13.5. The van der Waals surface area contributed by atoms with Crippen molar-refractivity contribution in [3.8, 4) is 16.9 Å². The molecule has 128 valence electrons. The molecule has 25 heavy (non-hydrogen) atoms. The zero-order chi connectivity index (χ0) is 18.0. The number of para-hydroxylation sites is 1. The highest BCUT2D eigenvalue weighted by Crippen LogP contribution is 2.33. The number of halogens is 2. The van der Waals surface area contributed by atoms with Crippen molar-refractivity contribution in [3.63, 3.8) is 0 Å². The third-order valence-corrected chi connectivity index (χ3v) is 4.45. The smallest absolute Gasteiger partial charge is 0.180 e. The number of rotatable bonds is 5. The van der Waals surface area contributed by atoms with Crippen LogP contribution in [0.1, 0.15) is 23.0 Å². The summed E-state index contributed by atoms with van der Waals surface area (Å²) in [6.45, 7) is 1.38. The number of nitrogens with zero attached hydrogens (tertiary/aromatic N) is 2. The molecule has 1 N–H and O–H groups in total. The molecule has 0 amide bonds. The van der Waals surface area contributed by atoms with Crippen LogP contribution in [0.15, 0.2) is 48.5 Å². The van der Waals surface area contributed by atoms with Gasteiger partial charge in [-0.3, -0.25) is 4.79 Å². The summed E-state index contributed by atoms with van der Waals surface area (Å²) in [6.07, 6.45) is 0.317. The number of hydrogen-bond donors (Lipinski definition) is 1. The molecule has 0 fully saturated rings. The number of aliphatic hydroxyl groups is 1. The lowest BCUT2D eigenvalue weighted by Gasteiger charge is -2.11. The molecular weight excluding hydrogens is 359 g/mol. The van der Waals surface area contributed by atoms with Crippen molar-refractivity contribution in [1.82, 2.24) is 9.78 Å². The van der Waals surface area contributed by atoms with Crippen LogP contribution in [0.5, 0.6) is 0 Å². The van der Waals surface area contributed by atoms with Gasteiger partial charge in [0.25, 0.3) is 0 Å². The average molecular weight is 375 g/mol. The Morgan fingerprint density at radius 1 is 1.12 bits per heavy atom. The molecule has 0 atom stereocenters. The molecule has 4 nitrogen and oxygen atoms in total. The topological polar surface area (TPSA) is 55.1 Å². The normalized spacial score (nSPS) is 10.9. The number of ketones is 1. The molecule has 0 radical (unpaired) electrons. The maximum absolute atomic E-state index is 12.1. The number of carbonyl (C=O) groups excluding carboxylic acids is 1. The predicted octanol–water partition coefficient (Wildman–Crippen LogP) is 4.58. The molecule has 1 heterocycles. The second kappa shape index (κ2) is 7.40. The van der Waals surface area contributed by atoms with Crippen LogP contribution in [0.4, 0.5) is 0 Å². The second-order valence-corrected chi connectivity index (χ2v) is 6.42. The Balaban J connectivity index is 2.34. The van der Waals surface area contributed by atoms with E-state index in [1.54, 1.807) is 22.9 Å². The minimum atomic E-state index is -0.163. The summed E-state index contributed by atoms with van der Waals surface area (Å²) in [6, 6.07) is 14.6. The van der Waals surface area contributed by atoms with Crippen LogP contribution in [0, 0.1) is 0 Å². The predicted molar refractivity (Wildman–Crippen MR) is 99.8 cm³/mol. The van der Waals surface area contributed by atoms with Gasteiger partial charge in [0, 0.05) is 29.7 Å². The summed E-state index contributed by atoms with van der Waals surface area (Å²) in [5.74, 6) is -0.163. The first kappa shape index (κ1) is 17.7. The van der Waals surface area contributed by atoms with Gasteiger partial charge in [0.2, 0.25) is 0 Å². The lowest BCUT2D eigenvalue weighted by Crippen LogP contribution is -2.01. The Morgan fingerprint density at radius 2 is 1.80 bits per heavy atom. The van der Waals surface area contributed by atoms with E-state index in [4.69, 9.17) is 23.2 Å². The molecule has 0 aliphatic carbocycles. The van der Waals surface area contributed by atoms with Crippen LogP contribution in [0.2, 0.25) is 10.0 Å². The third-order valence-electron chi connectivity index (χ3n) is 3.88. The molecule has 0 aliphatic rings. The maximum Gasteiger partial charge on any atom is 0.180 e. The standard InChI is InChI=1S/C19H16Cl2N2O2/c1-12(25)18-15(10-11-24)19(13-6-8-14(20)9-7-13)23(22-18)17-5-3-2-4-16(17)21/h2-9,24H,10-11H2,1H3. The Morgan fingerprint density at radius 3 is 2.40 bits per heavy atom. The van der Waals surface area contributed by atoms with Crippen molar-refractivity contribution >= 4 is 29.0 Å². The summed E-state index contributed by atoms with van der Waals surface area (Å²) < 4.78 is 1.66. The van der Waals surface area contributed by atoms with E-state index in [2.05, 4.69) is 5.10 Å². The van der Waals surface area contributed by atoms with Gasteiger partial charge in [0.05, 0.1) is 16.4 Å². The average Bonchev–Trinajstić information content (AvgIpc) is 2.96. The highest BCUT2D eigenvalue weighted by molar-refractivity contribution is 6.32. The van der Waals surface area contributed by atoms with E-state index >= 15 is 0 Å². The zero-order valence-corrected chi connectivity index (χ0v) is 15.1. The number of carbonyl (C=O) groups is 1. The number of aliphatic hydroxyl groups excluding tert-OH is 1. The van der Waals surface area contributed by atoms with Crippen molar-refractivity contribution in [2.24, 2.45) is 0 Å². The number of Topliss-reactive ketones (excluding diaryl/α,β-unsaturated/α-hetero) is 1. The number of aromatic nitrogens is 2. The van der Waals surface area contributed by atoms with Crippen molar-refractivity contribution in [2.75, 3.05) is 6.61 Å².